The van der Waals surface area contributed by atoms with Gasteiger partial charge in [0.2, 0.25) is 0 Å². The van der Waals surface area contributed by atoms with Crippen LogP contribution in [0.15, 0.2) is 75.8 Å². The topological polar surface area (TPSA) is 89.5 Å². The van der Waals surface area contributed by atoms with Gasteiger partial charge in [-0.25, -0.2) is 4.68 Å². The molecule has 0 atom stereocenters. The first kappa shape index (κ1) is 20.8. The van der Waals surface area contributed by atoms with Gasteiger partial charge in [-0.1, -0.05) is 18.2 Å². The Hall–Kier alpha value is -3.92. The van der Waals surface area contributed by atoms with E-state index in [9.17, 15) is 10.1 Å². The first-order chi connectivity index (χ1) is 14.6. The molecule has 0 unspecified atom stereocenters. The van der Waals surface area contributed by atoms with Crippen LogP contribution < -0.4 is 10.5 Å². The molecule has 3 rings (SSSR count). The predicted molar refractivity (Wildman–Crippen MR) is 119 cm³/mol. The van der Waals surface area contributed by atoms with Crippen LogP contribution in [0, 0.1) is 18.3 Å². The molecular formula is C23H24N6O. The second-order valence-corrected chi connectivity index (χ2v) is 6.65. The summed E-state index contributed by atoms with van der Waals surface area (Å²) in [5.74, 6) is 0. The second kappa shape index (κ2) is 9.52. The lowest BCUT2D eigenvalue weighted by molar-refractivity contribution is 0.835. The average molecular weight is 400 g/mol. The van der Waals surface area contributed by atoms with Gasteiger partial charge in [-0.15, -0.1) is 0 Å². The molecule has 0 saturated heterocycles. The van der Waals surface area contributed by atoms with Crippen molar-refractivity contribution in [2.75, 3.05) is 18.0 Å². The lowest BCUT2D eigenvalue weighted by Gasteiger charge is -2.20. The molecule has 7 nitrogen and oxygen atoms in total. The fraction of sp³-hybridized carbons (Fsp3) is 0.217. The van der Waals surface area contributed by atoms with Crippen molar-refractivity contribution in [2.24, 2.45) is 10.2 Å². The quantitative estimate of drug-likeness (QED) is 0.448. The summed E-state index contributed by atoms with van der Waals surface area (Å²) in [5, 5.41) is 20.8. The number of hydrogen-bond acceptors (Lipinski definition) is 5. The van der Waals surface area contributed by atoms with Crippen LogP contribution in [0.25, 0.3) is 11.3 Å². The van der Waals surface area contributed by atoms with Crippen molar-refractivity contribution in [2.45, 2.75) is 20.8 Å². The monoisotopic (exact) mass is 400 g/mol. The van der Waals surface area contributed by atoms with Crippen LogP contribution in [0.4, 0.5) is 11.4 Å². The molecule has 0 fully saturated rings. The molecule has 0 bridgehead atoms. The van der Waals surface area contributed by atoms with E-state index >= 15 is 0 Å². The number of azo groups is 1. The summed E-state index contributed by atoms with van der Waals surface area (Å²) >= 11 is 0. The third-order valence-corrected chi connectivity index (χ3v) is 4.81. The molecule has 2 aromatic carbocycles. The third-order valence-electron chi connectivity index (χ3n) is 4.81. The van der Waals surface area contributed by atoms with E-state index in [0.717, 1.165) is 18.8 Å². The Morgan fingerprint density at radius 1 is 1.13 bits per heavy atom. The number of anilines is 1. The van der Waals surface area contributed by atoms with Crippen molar-refractivity contribution < 1.29 is 0 Å². The van der Waals surface area contributed by atoms with Crippen molar-refractivity contribution in [1.82, 2.24) is 9.78 Å². The van der Waals surface area contributed by atoms with Crippen LogP contribution in [0.3, 0.4) is 0 Å². The molecule has 0 aliphatic rings. The highest BCUT2D eigenvalue weighted by molar-refractivity contribution is 5.77. The lowest BCUT2D eigenvalue weighted by atomic mass is 10.1. The molecule has 152 valence electrons. The van der Waals surface area contributed by atoms with E-state index in [0.29, 0.717) is 17.1 Å². The van der Waals surface area contributed by atoms with Gasteiger partial charge in [-0.05, 0) is 57.2 Å². The molecule has 0 spiro atoms. The van der Waals surface area contributed by atoms with E-state index in [-0.39, 0.29) is 16.7 Å². The summed E-state index contributed by atoms with van der Waals surface area (Å²) in [4.78, 5) is 15.1. The molecule has 3 aromatic rings. The van der Waals surface area contributed by atoms with Crippen molar-refractivity contribution in [3.63, 3.8) is 0 Å². The Bertz CT molecular complexity index is 1140. The summed E-state index contributed by atoms with van der Waals surface area (Å²) in [6.45, 7) is 7.84. The van der Waals surface area contributed by atoms with Gasteiger partial charge in [0.25, 0.3) is 5.56 Å². The smallest absolute Gasteiger partial charge is 0.280 e. The molecule has 30 heavy (non-hydrogen) atoms. The molecule has 0 aliphatic carbocycles. The van der Waals surface area contributed by atoms with Gasteiger partial charge in [0.1, 0.15) is 6.07 Å². The number of para-hydroxylation sites is 1. The van der Waals surface area contributed by atoms with E-state index in [4.69, 9.17) is 0 Å². The highest BCUT2D eigenvalue weighted by Crippen LogP contribution is 2.21. The number of aryl methyl sites for hydroxylation is 1. The fourth-order valence-corrected chi connectivity index (χ4v) is 3.24. The number of nitriles is 1. The van der Waals surface area contributed by atoms with Gasteiger partial charge in [0.05, 0.1) is 28.7 Å². The van der Waals surface area contributed by atoms with Gasteiger partial charge < -0.3 is 4.90 Å². The van der Waals surface area contributed by atoms with E-state index < -0.39 is 0 Å². The summed E-state index contributed by atoms with van der Waals surface area (Å²) in [7, 11) is 0. The molecule has 0 aliphatic heterocycles. The van der Waals surface area contributed by atoms with Crippen LogP contribution in [0.1, 0.15) is 25.1 Å². The molecular weight excluding hydrogens is 376 g/mol. The highest BCUT2D eigenvalue weighted by Gasteiger charge is 2.16. The predicted octanol–water partition coefficient (Wildman–Crippen LogP) is 4.97. The minimum Gasteiger partial charge on any atom is -0.372 e. The van der Waals surface area contributed by atoms with Crippen LogP contribution in [0.5, 0.6) is 0 Å². The maximum atomic E-state index is 12.8. The number of H-pyrrole nitrogens is 1. The van der Waals surface area contributed by atoms with Gasteiger partial charge in [-0.2, -0.15) is 15.5 Å². The first-order valence-corrected chi connectivity index (χ1v) is 9.82. The SMILES string of the molecule is CCN(CC)c1ccc(N=NC=C(C#N)c2c(C)[nH]n(-c3ccccc3)c2=O)cc1. The molecule has 0 radical (unpaired) electrons. The number of rotatable bonds is 7. The van der Waals surface area contributed by atoms with Crippen molar-refractivity contribution in [3.05, 3.63) is 82.4 Å². The Kier molecular flexibility index (Phi) is 6.60. The number of aromatic nitrogens is 2. The zero-order valence-corrected chi connectivity index (χ0v) is 17.3. The normalized spacial score (nSPS) is 11.6. The molecule has 0 saturated carbocycles. The molecule has 1 aromatic heterocycles. The maximum Gasteiger partial charge on any atom is 0.280 e. The second-order valence-electron chi connectivity index (χ2n) is 6.65. The zero-order chi connectivity index (χ0) is 21.5. The molecule has 7 heteroatoms. The standard InChI is InChI=1S/C23H24N6O/c1-4-28(5-2)20-13-11-19(12-14-20)26-25-16-18(15-24)22-17(3)27-29(23(22)30)21-9-7-6-8-10-21/h6-14,16,27H,4-5H2,1-3H3. The lowest BCUT2D eigenvalue weighted by Crippen LogP contribution is -2.21. The Labute approximate surface area is 175 Å². The van der Waals surface area contributed by atoms with Crippen molar-refractivity contribution >= 4 is 16.9 Å². The molecule has 0 amide bonds. The number of aromatic amines is 1. The van der Waals surface area contributed by atoms with Crippen molar-refractivity contribution in [1.29, 1.82) is 5.26 Å². The fourth-order valence-electron chi connectivity index (χ4n) is 3.24. The van der Waals surface area contributed by atoms with Gasteiger partial charge in [0.15, 0.2) is 0 Å². The Balaban J connectivity index is 1.86. The van der Waals surface area contributed by atoms with Crippen LogP contribution in [-0.2, 0) is 0 Å². The molecule has 1 N–H and O–H groups in total. The first-order valence-electron chi connectivity index (χ1n) is 9.82. The van der Waals surface area contributed by atoms with E-state index in [2.05, 4.69) is 40.1 Å². The summed E-state index contributed by atoms with van der Waals surface area (Å²) in [6, 6.07) is 19.0. The minimum atomic E-state index is -0.301. The van der Waals surface area contributed by atoms with Crippen molar-refractivity contribution in [3.8, 4) is 11.8 Å². The summed E-state index contributed by atoms with van der Waals surface area (Å²) < 4.78 is 1.42. The Morgan fingerprint density at radius 2 is 1.80 bits per heavy atom. The third kappa shape index (κ3) is 4.39. The number of nitrogens with one attached hydrogen (secondary N) is 1. The molecule has 1 heterocycles. The van der Waals surface area contributed by atoms with Crippen LogP contribution >= 0.6 is 0 Å². The van der Waals surface area contributed by atoms with Gasteiger partial charge >= 0.3 is 0 Å². The van der Waals surface area contributed by atoms with Gasteiger partial charge in [0, 0.05) is 24.5 Å². The Morgan fingerprint density at radius 3 is 2.40 bits per heavy atom. The average Bonchev–Trinajstić information content (AvgIpc) is 3.08. The summed E-state index contributed by atoms with van der Waals surface area (Å²) in [5.41, 5.74) is 3.23. The largest absolute Gasteiger partial charge is 0.372 e. The maximum absolute atomic E-state index is 12.8. The van der Waals surface area contributed by atoms with Gasteiger partial charge in [-0.3, -0.25) is 9.89 Å². The van der Waals surface area contributed by atoms with Crippen LogP contribution in [0.2, 0.25) is 0 Å². The highest BCUT2D eigenvalue weighted by atomic mass is 16.1. The number of benzene rings is 2. The number of nitrogens with zero attached hydrogens (tertiary/aromatic N) is 5. The number of hydrogen-bond donors (Lipinski definition) is 1. The van der Waals surface area contributed by atoms with E-state index in [1.54, 1.807) is 6.92 Å². The summed E-state index contributed by atoms with van der Waals surface area (Å²) in [6.07, 6.45) is 1.32. The minimum absolute atomic E-state index is 0.159. The van der Waals surface area contributed by atoms with E-state index in [1.165, 1.54) is 10.9 Å². The van der Waals surface area contributed by atoms with Crippen LogP contribution in [-0.4, -0.2) is 22.9 Å². The number of allylic oxidation sites excluding steroid dienone is 1. The zero-order valence-electron chi connectivity index (χ0n) is 17.3. The van der Waals surface area contributed by atoms with E-state index in [1.807, 2.05) is 54.6 Å².